The van der Waals surface area contributed by atoms with E-state index in [0.29, 0.717) is 6.42 Å². The van der Waals surface area contributed by atoms with Crippen molar-refractivity contribution < 1.29 is 28.0 Å². The summed E-state index contributed by atoms with van der Waals surface area (Å²) < 4.78 is 34.5. The standard InChI is InChI=1S/C16H13BrN6O2S.C2HF3O2/c17-11-5-14(26-8-11)13(2-4-23(24)25)22-7-10(6-21-22)15-12-1-3-18-16(12)20-9-19-15;3-2(4,5)1(6)7/h1,3,5-9,13H,2,4H2,(H,18,19,20);(H,6,7). The number of carbonyl (C=O) groups is 1. The first-order valence-electron chi connectivity index (χ1n) is 9.04. The van der Waals surface area contributed by atoms with Gasteiger partial charge in [0.2, 0.25) is 6.54 Å². The minimum Gasteiger partial charge on any atom is -0.475 e. The zero-order chi connectivity index (χ0) is 24.2. The van der Waals surface area contributed by atoms with Gasteiger partial charge in [-0.2, -0.15) is 18.3 Å². The van der Waals surface area contributed by atoms with Crippen LogP contribution in [0.25, 0.3) is 22.3 Å². The first kappa shape index (κ1) is 24.3. The van der Waals surface area contributed by atoms with Gasteiger partial charge in [0.05, 0.1) is 17.9 Å². The molecule has 1 atom stereocenters. The van der Waals surface area contributed by atoms with Crippen LogP contribution in [0.4, 0.5) is 13.2 Å². The van der Waals surface area contributed by atoms with Crippen LogP contribution in [-0.4, -0.2) is 53.5 Å². The van der Waals surface area contributed by atoms with Crippen molar-refractivity contribution in [1.29, 1.82) is 0 Å². The number of aromatic amines is 1. The maximum absolute atomic E-state index is 10.9. The number of nitro groups is 1. The molecule has 0 saturated heterocycles. The molecule has 2 N–H and O–H groups in total. The minimum atomic E-state index is -5.08. The van der Waals surface area contributed by atoms with Gasteiger partial charge in [0, 0.05) is 49.4 Å². The molecule has 4 heterocycles. The molecule has 174 valence electrons. The first-order chi connectivity index (χ1) is 15.6. The normalized spacial score (nSPS) is 12.2. The number of nitrogens with zero attached hydrogens (tertiary/aromatic N) is 5. The van der Waals surface area contributed by atoms with Gasteiger partial charge in [0.25, 0.3) is 0 Å². The van der Waals surface area contributed by atoms with Crippen molar-refractivity contribution in [3.63, 3.8) is 0 Å². The molecule has 1 unspecified atom stereocenters. The number of carboxylic acid groups (broad SMARTS) is 1. The number of alkyl halides is 3. The van der Waals surface area contributed by atoms with Crippen LogP contribution in [0.5, 0.6) is 0 Å². The average Bonchev–Trinajstić information content (AvgIpc) is 3.48. The van der Waals surface area contributed by atoms with Crippen LogP contribution in [0, 0.1) is 10.1 Å². The van der Waals surface area contributed by atoms with Crippen molar-refractivity contribution >= 4 is 44.3 Å². The van der Waals surface area contributed by atoms with Gasteiger partial charge in [-0.15, -0.1) is 11.3 Å². The molecule has 0 saturated carbocycles. The van der Waals surface area contributed by atoms with Crippen LogP contribution in [0.1, 0.15) is 17.3 Å². The molecule has 0 radical (unpaired) electrons. The Hall–Kier alpha value is -3.33. The maximum Gasteiger partial charge on any atom is 0.490 e. The van der Waals surface area contributed by atoms with Crippen LogP contribution in [0.2, 0.25) is 0 Å². The highest BCUT2D eigenvalue weighted by Gasteiger charge is 2.38. The van der Waals surface area contributed by atoms with Crippen LogP contribution in [0.15, 0.2) is 46.9 Å². The van der Waals surface area contributed by atoms with Crippen molar-refractivity contribution in [1.82, 2.24) is 24.7 Å². The van der Waals surface area contributed by atoms with Crippen molar-refractivity contribution in [2.24, 2.45) is 0 Å². The lowest BCUT2D eigenvalue weighted by Gasteiger charge is -2.14. The highest BCUT2D eigenvalue weighted by Crippen LogP contribution is 2.32. The molecule has 0 bridgehead atoms. The second-order valence-electron chi connectivity index (χ2n) is 6.50. The molecule has 0 aromatic carbocycles. The molecule has 4 aromatic heterocycles. The summed E-state index contributed by atoms with van der Waals surface area (Å²) >= 11 is 5.00. The Morgan fingerprint density at radius 2 is 2.12 bits per heavy atom. The van der Waals surface area contributed by atoms with Gasteiger partial charge in [-0.3, -0.25) is 14.8 Å². The monoisotopic (exact) mass is 546 g/mol. The van der Waals surface area contributed by atoms with Gasteiger partial charge >= 0.3 is 12.1 Å². The number of thiophene rings is 1. The Bertz CT molecular complexity index is 1270. The van der Waals surface area contributed by atoms with E-state index in [0.717, 1.165) is 31.6 Å². The van der Waals surface area contributed by atoms with E-state index in [-0.39, 0.29) is 17.5 Å². The topological polar surface area (TPSA) is 140 Å². The molecule has 4 aromatic rings. The quantitative estimate of drug-likeness (QED) is 0.267. The van der Waals surface area contributed by atoms with E-state index in [1.54, 1.807) is 22.2 Å². The minimum absolute atomic E-state index is 0.120. The number of carboxylic acids is 1. The fourth-order valence-corrected chi connectivity index (χ4v) is 4.44. The molecule has 4 rings (SSSR count). The lowest BCUT2D eigenvalue weighted by Crippen LogP contribution is -2.21. The second kappa shape index (κ2) is 10.1. The summed E-state index contributed by atoms with van der Waals surface area (Å²) in [5.74, 6) is -2.76. The van der Waals surface area contributed by atoms with E-state index in [1.165, 1.54) is 6.33 Å². The number of fused-ring (bicyclic) bond motifs is 1. The average molecular weight is 547 g/mol. The second-order valence-corrected chi connectivity index (χ2v) is 8.36. The van der Waals surface area contributed by atoms with E-state index < -0.39 is 12.1 Å². The summed E-state index contributed by atoms with van der Waals surface area (Å²) in [6.07, 6.45) is 2.22. The Morgan fingerprint density at radius 1 is 1.39 bits per heavy atom. The summed E-state index contributed by atoms with van der Waals surface area (Å²) in [6, 6.07) is 3.70. The van der Waals surface area contributed by atoms with Crippen LogP contribution in [0.3, 0.4) is 0 Å². The van der Waals surface area contributed by atoms with Crippen LogP contribution in [-0.2, 0) is 4.79 Å². The number of H-pyrrole nitrogens is 1. The summed E-state index contributed by atoms with van der Waals surface area (Å²) in [5, 5.41) is 25.3. The molecule has 0 aliphatic heterocycles. The van der Waals surface area contributed by atoms with Gasteiger partial charge in [-0.1, -0.05) is 0 Å². The van der Waals surface area contributed by atoms with Gasteiger partial charge in [-0.25, -0.2) is 14.8 Å². The molecule has 0 aliphatic carbocycles. The number of nitrogens with one attached hydrogen (secondary N) is 1. The van der Waals surface area contributed by atoms with E-state index >= 15 is 0 Å². The number of rotatable bonds is 6. The maximum atomic E-state index is 10.9. The highest BCUT2D eigenvalue weighted by atomic mass is 79.9. The molecule has 15 heteroatoms. The predicted molar refractivity (Wildman–Crippen MR) is 115 cm³/mol. The van der Waals surface area contributed by atoms with Crippen LogP contribution >= 0.6 is 27.3 Å². The molecule has 0 amide bonds. The lowest BCUT2D eigenvalue weighted by molar-refractivity contribution is -0.481. The molecule has 0 spiro atoms. The zero-order valence-corrected chi connectivity index (χ0v) is 18.8. The van der Waals surface area contributed by atoms with E-state index in [2.05, 4.69) is 36.0 Å². The zero-order valence-electron chi connectivity index (χ0n) is 16.4. The predicted octanol–water partition coefficient (Wildman–Crippen LogP) is 4.53. The third-order valence-electron chi connectivity index (χ3n) is 4.29. The Balaban J connectivity index is 0.000000383. The summed E-state index contributed by atoms with van der Waals surface area (Å²) in [7, 11) is 0. The number of hydrogen-bond donors (Lipinski definition) is 2. The summed E-state index contributed by atoms with van der Waals surface area (Å²) in [4.78, 5) is 32.1. The Kier molecular flexibility index (Phi) is 7.43. The summed E-state index contributed by atoms with van der Waals surface area (Å²) in [6.45, 7) is -0.120. The van der Waals surface area contributed by atoms with Gasteiger partial charge in [0.15, 0.2) is 0 Å². The third kappa shape index (κ3) is 6.13. The van der Waals surface area contributed by atoms with Crippen molar-refractivity contribution in [2.45, 2.75) is 18.6 Å². The lowest BCUT2D eigenvalue weighted by atomic mass is 10.1. The number of aliphatic carboxylic acids is 1. The van der Waals surface area contributed by atoms with E-state index in [9.17, 15) is 23.3 Å². The van der Waals surface area contributed by atoms with Crippen molar-refractivity contribution in [3.05, 3.63) is 61.9 Å². The van der Waals surface area contributed by atoms with Gasteiger partial charge in [-0.05, 0) is 28.1 Å². The molecular weight excluding hydrogens is 533 g/mol. The van der Waals surface area contributed by atoms with E-state index in [1.807, 2.05) is 29.9 Å². The third-order valence-corrected chi connectivity index (χ3v) is 6.09. The fourth-order valence-electron chi connectivity index (χ4n) is 2.87. The Morgan fingerprint density at radius 3 is 2.73 bits per heavy atom. The first-order valence-corrected chi connectivity index (χ1v) is 10.7. The number of halogens is 4. The van der Waals surface area contributed by atoms with Crippen molar-refractivity contribution in [2.75, 3.05) is 6.54 Å². The molecular formula is C18H14BrF3N6O4S. The smallest absolute Gasteiger partial charge is 0.475 e. The number of hydrogen-bond acceptors (Lipinski definition) is 7. The largest absolute Gasteiger partial charge is 0.490 e. The molecule has 0 aliphatic rings. The van der Waals surface area contributed by atoms with Crippen LogP contribution < -0.4 is 0 Å². The molecule has 33 heavy (non-hydrogen) atoms. The van der Waals surface area contributed by atoms with E-state index in [4.69, 9.17) is 9.90 Å². The van der Waals surface area contributed by atoms with Gasteiger partial charge in [0.1, 0.15) is 12.0 Å². The SMILES string of the molecule is O=C(O)C(F)(F)F.O=[N+]([O-])CCC(c1cc(Br)cs1)n1cc(-c2ncnc3[nH]ccc23)cn1. The molecule has 0 fully saturated rings. The number of aromatic nitrogens is 5. The summed E-state index contributed by atoms with van der Waals surface area (Å²) in [5.41, 5.74) is 2.39. The fraction of sp³-hybridized carbons (Fsp3) is 0.222. The molecule has 10 nitrogen and oxygen atoms in total. The highest BCUT2D eigenvalue weighted by molar-refractivity contribution is 9.10. The Labute approximate surface area is 195 Å². The van der Waals surface area contributed by atoms with Gasteiger partial charge < -0.3 is 10.1 Å². The van der Waals surface area contributed by atoms with Crippen molar-refractivity contribution in [3.8, 4) is 11.3 Å².